The predicted molar refractivity (Wildman–Crippen MR) is 46.8 cm³/mol. The van der Waals surface area contributed by atoms with Crippen molar-refractivity contribution in [1.29, 1.82) is 0 Å². The number of hydrogen-bond donors (Lipinski definition) is 0. The van der Waals surface area contributed by atoms with E-state index in [1.807, 2.05) is 0 Å². The number of rotatable bonds is 1. The fourth-order valence-electron chi connectivity index (χ4n) is 1.27. The highest BCUT2D eigenvalue weighted by atomic mass is 19.4. The lowest BCUT2D eigenvalue weighted by Gasteiger charge is -2.04. The van der Waals surface area contributed by atoms with Crippen molar-refractivity contribution in [2.45, 2.75) is 6.18 Å². The highest BCUT2D eigenvalue weighted by Gasteiger charge is 2.32. The maximum Gasteiger partial charge on any atom is 0.419 e. The molecular weight excluding hydrogens is 227 g/mol. The summed E-state index contributed by atoms with van der Waals surface area (Å²) >= 11 is 0. The van der Waals surface area contributed by atoms with Crippen molar-refractivity contribution in [2.75, 3.05) is 0 Å². The number of hydrogen-bond acceptors (Lipinski definition) is 3. The summed E-state index contributed by atoms with van der Waals surface area (Å²) in [6, 6.07) is 1.90. The fourth-order valence-corrected chi connectivity index (χ4v) is 1.27. The zero-order valence-electron chi connectivity index (χ0n) is 7.60. The Morgan fingerprint density at radius 3 is 2.62 bits per heavy atom. The van der Waals surface area contributed by atoms with Crippen LogP contribution in [0.3, 0.4) is 0 Å². The molecule has 0 bridgehead atoms. The summed E-state index contributed by atoms with van der Waals surface area (Å²) in [5.41, 5.74) is -0.860. The first-order valence-corrected chi connectivity index (χ1v) is 4.08. The van der Waals surface area contributed by atoms with Crippen molar-refractivity contribution >= 4 is 11.5 Å². The average molecular weight is 231 g/mol. The maximum atomic E-state index is 12.4. The Morgan fingerprint density at radius 2 is 2.06 bits per heavy atom. The lowest BCUT2D eigenvalue weighted by Crippen LogP contribution is -2.06. The molecule has 0 aliphatic carbocycles. The van der Waals surface area contributed by atoms with E-state index in [0.29, 0.717) is 6.20 Å². The fraction of sp³-hybridized carbons (Fsp3) is 0.125. The summed E-state index contributed by atoms with van der Waals surface area (Å²) in [6.07, 6.45) is -2.97. The Kier molecular flexibility index (Phi) is 2.07. The molecule has 0 aromatic carbocycles. The number of aromatic nitrogens is 2. The second-order valence-corrected chi connectivity index (χ2v) is 3.02. The van der Waals surface area contributed by atoms with Crippen molar-refractivity contribution in [3.8, 4) is 0 Å². The van der Waals surface area contributed by atoms with Gasteiger partial charge in [0.1, 0.15) is 12.4 Å². The molecule has 0 spiro atoms. The molecule has 0 N–H and O–H groups in total. The summed E-state index contributed by atoms with van der Waals surface area (Å²) in [5.74, 6) is -0.499. The molecular formula is C8H4F3N3O2. The molecule has 0 radical (unpaired) electrons. The highest BCUT2D eigenvalue weighted by Crippen LogP contribution is 2.30. The third-order valence-corrected chi connectivity index (χ3v) is 2.00. The van der Waals surface area contributed by atoms with Crippen molar-refractivity contribution < 1.29 is 18.1 Å². The van der Waals surface area contributed by atoms with Gasteiger partial charge in [-0.2, -0.15) is 17.6 Å². The quantitative estimate of drug-likeness (QED) is 0.558. The van der Waals surface area contributed by atoms with Crippen LogP contribution >= 0.6 is 0 Å². The van der Waals surface area contributed by atoms with Gasteiger partial charge in [0.05, 0.1) is 5.56 Å². The molecule has 84 valence electrons. The molecule has 2 rings (SSSR count). The minimum Gasteiger partial charge on any atom is -0.358 e. The summed E-state index contributed by atoms with van der Waals surface area (Å²) < 4.78 is 37.8. The first-order valence-electron chi connectivity index (χ1n) is 4.08. The van der Waals surface area contributed by atoms with Crippen molar-refractivity contribution in [3.63, 3.8) is 0 Å². The van der Waals surface area contributed by atoms with Gasteiger partial charge in [-0.1, -0.05) is 0 Å². The summed E-state index contributed by atoms with van der Waals surface area (Å²) in [7, 11) is 0. The number of halogens is 3. The van der Waals surface area contributed by atoms with Gasteiger partial charge in [0.2, 0.25) is 5.65 Å². The molecule has 0 aliphatic heterocycles. The standard InChI is InChI=1S/C8H4F3N3O2/c9-8(10,11)5-1-2-6-12-3-7(14(15)16)13(6)4-5/h1-4H. The van der Waals surface area contributed by atoms with E-state index in [9.17, 15) is 23.3 Å². The van der Waals surface area contributed by atoms with Crippen LogP contribution in [0.1, 0.15) is 5.56 Å². The molecule has 16 heavy (non-hydrogen) atoms. The highest BCUT2D eigenvalue weighted by molar-refractivity contribution is 5.46. The molecule has 0 saturated carbocycles. The minimum absolute atomic E-state index is 0.0969. The van der Waals surface area contributed by atoms with E-state index in [-0.39, 0.29) is 5.65 Å². The Bertz CT molecular complexity index is 561. The molecule has 0 amide bonds. The van der Waals surface area contributed by atoms with E-state index in [4.69, 9.17) is 0 Å². The Labute approximate surface area is 86.3 Å². The minimum atomic E-state index is -4.54. The van der Waals surface area contributed by atoms with Crippen LogP contribution in [-0.4, -0.2) is 14.3 Å². The first kappa shape index (κ1) is 10.4. The van der Waals surface area contributed by atoms with Gasteiger partial charge in [0, 0.05) is 6.07 Å². The molecule has 0 saturated heterocycles. The van der Waals surface area contributed by atoms with Crippen LogP contribution in [0.2, 0.25) is 0 Å². The number of pyridine rings is 1. The van der Waals surface area contributed by atoms with Gasteiger partial charge in [-0.25, -0.2) is 4.98 Å². The monoisotopic (exact) mass is 231 g/mol. The SMILES string of the molecule is O=[N+]([O-])c1cnc2ccc(C(F)(F)F)cn12. The number of alkyl halides is 3. The summed E-state index contributed by atoms with van der Waals surface area (Å²) in [6.45, 7) is 0. The molecule has 0 aliphatic rings. The number of imidazole rings is 1. The van der Waals surface area contributed by atoms with Crippen LogP contribution in [-0.2, 0) is 6.18 Å². The lowest BCUT2D eigenvalue weighted by atomic mass is 10.3. The van der Waals surface area contributed by atoms with E-state index in [1.165, 1.54) is 0 Å². The third-order valence-electron chi connectivity index (χ3n) is 2.00. The maximum absolute atomic E-state index is 12.4. The van der Waals surface area contributed by atoms with E-state index >= 15 is 0 Å². The molecule has 0 unspecified atom stereocenters. The van der Waals surface area contributed by atoms with Crippen LogP contribution in [0.5, 0.6) is 0 Å². The van der Waals surface area contributed by atoms with Gasteiger partial charge in [-0.05, 0) is 11.0 Å². The van der Waals surface area contributed by atoms with Crippen LogP contribution in [0.25, 0.3) is 5.65 Å². The van der Waals surface area contributed by atoms with Crippen LogP contribution in [0, 0.1) is 10.1 Å². The second-order valence-electron chi connectivity index (χ2n) is 3.02. The summed E-state index contributed by atoms with van der Waals surface area (Å²) in [5, 5.41) is 10.5. The van der Waals surface area contributed by atoms with Crippen molar-refractivity contribution in [3.05, 3.63) is 40.2 Å². The average Bonchev–Trinajstić information content (AvgIpc) is 2.58. The van der Waals surface area contributed by atoms with E-state index < -0.39 is 22.5 Å². The van der Waals surface area contributed by atoms with Gasteiger partial charge in [0.15, 0.2) is 0 Å². The zero-order chi connectivity index (χ0) is 11.9. The van der Waals surface area contributed by atoms with Gasteiger partial charge in [0.25, 0.3) is 0 Å². The van der Waals surface area contributed by atoms with E-state index in [0.717, 1.165) is 22.7 Å². The van der Waals surface area contributed by atoms with Gasteiger partial charge >= 0.3 is 12.0 Å². The topological polar surface area (TPSA) is 60.4 Å². The Hall–Kier alpha value is -2.12. The van der Waals surface area contributed by atoms with Crippen molar-refractivity contribution in [2.24, 2.45) is 0 Å². The van der Waals surface area contributed by atoms with Gasteiger partial charge in [-0.3, -0.25) is 0 Å². The molecule has 8 heteroatoms. The molecule has 0 atom stereocenters. The third kappa shape index (κ3) is 1.58. The zero-order valence-corrected chi connectivity index (χ0v) is 7.60. The van der Waals surface area contributed by atoms with Gasteiger partial charge < -0.3 is 10.1 Å². The molecule has 5 nitrogen and oxygen atoms in total. The normalized spacial score (nSPS) is 11.9. The predicted octanol–water partition coefficient (Wildman–Crippen LogP) is 2.26. The van der Waals surface area contributed by atoms with E-state index in [2.05, 4.69) is 4.98 Å². The lowest BCUT2D eigenvalue weighted by molar-refractivity contribution is -0.390. The smallest absolute Gasteiger partial charge is 0.358 e. The Balaban J connectivity index is 2.68. The first-order chi connectivity index (χ1) is 7.39. The molecule has 2 aromatic rings. The molecule has 0 fully saturated rings. The van der Waals surface area contributed by atoms with Crippen LogP contribution in [0.4, 0.5) is 19.0 Å². The summed E-state index contributed by atoms with van der Waals surface area (Å²) in [4.78, 5) is 13.3. The van der Waals surface area contributed by atoms with Gasteiger partial charge in [-0.15, -0.1) is 0 Å². The number of nitrogens with zero attached hydrogens (tertiary/aromatic N) is 3. The number of fused-ring (bicyclic) bond motifs is 1. The second kappa shape index (κ2) is 3.19. The number of nitro groups is 1. The largest absolute Gasteiger partial charge is 0.419 e. The van der Waals surface area contributed by atoms with Crippen molar-refractivity contribution in [1.82, 2.24) is 9.38 Å². The van der Waals surface area contributed by atoms with Crippen LogP contribution in [0.15, 0.2) is 24.5 Å². The van der Waals surface area contributed by atoms with Crippen LogP contribution < -0.4 is 0 Å². The molecule has 2 heterocycles. The Morgan fingerprint density at radius 1 is 1.38 bits per heavy atom. The molecule has 2 aromatic heterocycles. The van der Waals surface area contributed by atoms with E-state index in [1.54, 1.807) is 0 Å².